The van der Waals surface area contributed by atoms with E-state index in [9.17, 15) is 4.39 Å². The van der Waals surface area contributed by atoms with E-state index in [-0.39, 0.29) is 11.7 Å². The summed E-state index contributed by atoms with van der Waals surface area (Å²) < 4.78 is 13.5. The van der Waals surface area contributed by atoms with E-state index in [1.165, 1.54) is 5.57 Å². The highest BCUT2D eigenvalue weighted by molar-refractivity contribution is 5.27. The molecule has 0 heterocycles. The first-order valence-electron chi connectivity index (χ1n) is 8.58. The van der Waals surface area contributed by atoms with Crippen LogP contribution in [-0.2, 0) is 0 Å². The van der Waals surface area contributed by atoms with E-state index < -0.39 is 0 Å². The standard InChI is InChI=1S/C13H23F.3C2H6/c1-6-8-11(5)9-12(10(3)4)13(14)7-2;3*1-2/h9-10H,6-8H2,1-5H3;3*1-2H3/b11-9+,13-12-;;;. The second-order valence-corrected chi connectivity index (χ2v) is 4.11. The number of rotatable bonds is 5. The fraction of sp³-hybridized carbons (Fsp3) is 0.789. The van der Waals surface area contributed by atoms with Crippen LogP contribution in [0.25, 0.3) is 0 Å². The Morgan fingerprint density at radius 2 is 1.35 bits per heavy atom. The molecule has 0 aromatic heterocycles. The monoisotopic (exact) mass is 288 g/mol. The van der Waals surface area contributed by atoms with Crippen LogP contribution in [0.4, 0.5) is 4.39 Å². The molecule has 0 aliphatic carbocycles. The minimum absolute atomic E-state index is 0.0375. The van der Waals surface area contributed by atoms with E-state index in [0.717, 1.165) is 18.4 Å². The Hall–Kier alpha value is -0.590. The number of hydrogen-bond donors (Lipinski definition) is 0. The Bertz CT molecular complexity index is 222. The highest BCUT2D eigenvalue weighted by Gasteiger charge is 2.07. The average Bonchev–Trinajstić information content (AvgIpc) is 2.50. The molecule has 0 aromatic rings. The second-order valence-electron chi connectivity index (χ2n) is 4.11. The van der Waals surface area contributed by atoms with Crippen molar-refractivity contribution in [2.75, 3.05) is 0 Å². The summed E-state index contributed by atoms with van der Waals surface area (Å²) in [7, 11) is 0. The van der Waals surface area contributed by atoms with E-state index in [2.05, 4.69) is 13.8 Å². The molecule has 0 nitrogen and oxygen atoms in total. The molecule has 0 aliphatic rings. The Morgan fingerprint density at radius 1 is 0.950 bits per heavy atom. The normalized spacial score (nSPS) is 11.2. The van der Waals surface area contributed by atoms with Crippen LogP contribution in [0.1, 0.15) is 95.4 Å². The zero-order valence-corrected chi connectivity index (χ0v) is 16.2. The zero-order valence-electron chi connectivity index (χ0n) is 16.2. The Kier molecular flexibility index (Phi) is 32.5. The van der Waals surface area contributed by atoms with Gasteiger partial charge in [-0.1, -0.05) is 87.3 Å². The van der Waals surface area contributed by atoms with Gasteiger partial charge in [0.2, 0.25) is 0 Å². The Balaban J connectivity index is -0.000000187. The second kappa shape index (κ2) is 23.5. The fourth-order valence-corrected chi connectivity index (χ4v) is 1.49. The molecule has 0 atom stereocenters. The lowest BCUT2D eigenvalue weighted by Gasteiger charge is -2.10. The highest BCUT2D eigenvalue weighted by atomic mass is 19.1. The molecular formula is C19H41F. The van der Waals surface area contributed by atoms with Crippen molar-refractivity contribution in [1.82, 2.24) is 0 Å². The molecule has 0 saturated carbocycles. The van der Waals surface area contributed by atoms with E-state index in [4.69, 9.17) is 0 Å². The molecule has 0 spiro atoms. The smallest absolute Gasteiger partial charge is 0.103 e. The van der Waals surface area contributed by atoms with Crippen LogP contribution in [0.5, 0.6) is 0 Å². The molecule has 0 rings (SSSR count). The maximum Gasteiger partial charge on any atom is 0.103 e. The van der Waals surface area contributed by atoms with Crippen LogP contribution in [0, 0.1) is 5.92 Å². The van der Waals surface area contributed by atoms with Gasteiger partial charge in [-0.25, -0.2) is 4.39 Å². The maximum atomic E-state index is 13.5. The minimum atomic E-state index is 0.0375. The quantitative estimate of drug-likeness (QED) is 0.448. The van der Waals surface area contributed by atoms with Crippen LogP contribution in [-0.4, -0.2) is 0 Å². The largest absolute Gasteiger partial charge is 0.212 e. The molecule has 0 unspecified atom stereocenters. The molecule has 0 amide bonds. The van der Waals surface area contributed by atoms with Crippen molar-refractivity contribution in [1.29, 1.82) is 0 Å². The third-order valence-electron chi connectivity index (χ3n) is 2.29. The summed E-state index contributed by atoms with van der Waals surface area (Å²) in [6.45, 7) is 22.2. The summed E-state index contributed by atoms with van der Waals surface area (Å²) in [4.78, 5) is 0. The first-order valence-corrected chi connectivity index (χ1v) is 8.58. The van der Waals surface area contributed by atoms with Gasteiger partial charge in [-0.2, -0.15) is 0 Å². The van der Waals surface area contributed by atoms with Crippen LogP contribution in [0.3, 0.4) is 0 Å². The van der Waals surface area contributed by atoms with Gasteiger partial charge in [-0.15, -0.1) is 0 Å². The van der Waals surface area contributed by atoms with E-state index >= 15 is 0 Å². The Morgan fingerprint density at radius 3 is 1.60 bits per heavy atom. The summed E-state index contributed by atoms with van der Waals surface area (Å²) in [6.07, 6.45) is 4.71. The number of hydrogen-bond acceptors (Lipinski definition) is 0. The molecular weight excluding hydrogens is 247 g/mol. The van der Waals surface area contributed by atoms with Gasteiger partial charge in [-0.05, 0) is 31.3 Å². The average molecular weight is 289 g/mol. The molecule has 1 heteroatoms. The van der Waals surface area contributed by atoms with E-state index in [1.54, 1.807) is 0 Å². The molecule has 20 heavy (non-hydrogen) atoms. The summed E-state index contributed by atoms with van der Waals surface area (Å²) >= 11 is 0. The molecule has 0 bridgehead atoms. The van der Waals surface area contributed by atoms with Crippen molar-refractivity contribution in [3.8, 4) is 0 Å². The fourth-order valence-electron chi connectivity index (χ4n) is 1.49. The van der Waals surface area contributed by atoms with Gasteiger partial charge in [-0.3, -0.25) is 0 Å². The molecule has 0 fully saturated rings. The van der Waals surface area contributed by atoms with Crippen LogP contribution in [0.2, 0.25) is 0 Å². The zero-order chi connectivity index (χ0) is 17.1. The van der Waals surface area contributed by atoms with Gasteiger partial charge >= 0.3 is 0 Å². The third-order valence-corrected chi connectivity index (χ3v) is 2.29. The summed E-state index contributed by atoms with van der Waals surface area (Å²) in [5.74, 6) is 0.317. The SMILES string of the molecule is CC.CC.CC.CCC/C(C)=C/C(=C(/F)CC)C(C)C. The molecule has 0 radical (unpaired) electrons. The first-order chi connectivity index (χ1) is 9.52. The maximum absolute atomic E-state index is 13.5. The van der Waals surface area contributed by atoms with Gasteiger partial charge in [0.15, 0.2) is 0 Å². The van der Waals surface area contributed by atoms with Gasteiger partial charge < -0.3 is 0 Å². The van der Waals surface area contributed by atoms with Crippen molar-refractivity contribution in [3.63, 3.8) is 0 Å². The lowest BCUT2D eigenvalue weighted by molar-refractivity contribution is 0.572. The summed E-state index contributed by atoms with van der Waals surface area (Å²) in [6, 6.07) is 0. The van der Waals surface area contributed by atoms with Crippen molar-refractivity contribution < 1.29 is 4.39 Å². The van der Waals surface area contributed by atoms with Crippen LogP contribution >= 0.6 is 0 Å². The third kappa shape index (κ3) is 17.4. The molecule has 0 N–H and O–H groups in total. The van der Waals surface area contributed by atoms with Gasteiger partial charge in [0, 0.05) is 0 Å². The Labute approximate surface area is 129 Å². The van der Waals surface area contributed by atoms with Crippen molar-refractivity contribution in [2.45, 2.75) is 95.4 Å². The molecule has 0 saturated heterocycles. The van der Waals surface area contributed by atoms with Crippen molar-refractivity contribution in [3.05, 3.63) is 23.0 Å². The molecule has 124 valence electrons. The van der Waals surface area contributed by atoms with Crippen molar-refractivity contribution >= 4 is 0 Å². The van der Waals surface area contributed by atoms with E-state index in [0.29, 0.717) is 6.42 Å². The molecule has 0 aliphatic heterocycles. The van der Waals surface area contributed by atoms with Crippen LogP contribution < -0.4 is 0 Å². The number of halogens is 1. The minimum Gasteiger partial charge on any atom is -0.212 e. The first kappa shape index (κ1) is 27.7. The summed E-state index contributed by atoms with van der Waals surface area (Å²) in [5, 5.41) is 0. The van der Waals surface area contributed by atoms with E-state index in [1.807, 2.05) is 68.4 Å². The lowest BCUT2D eigenvalue weighted by atomic mass is 9.98. The predicted molar refractivity (Wildman–Crippen MR) is 96.0 cm³/mol. The van der Waals surface area contributed by atoms with Gasteiger partial charge in [0.05, 0.1) is 0 Å². The van der Waals surface area contributed by atoms with Crippen molar-refractivity contribution in [2.24, 2.45) is 5.92 Å². The number of allylic oxidation sites excluding steroid dienone is 4. The summed E-state index contributed by atoms with van der Waals surface area (Å²) in [5.41, 5.74) is 2.15. The highest BCUT2D eigenvalue weighted by Crippen LogP contribution is 2.22. The molecule has 0 aromatic carbocycles. The predicted octanol–water partition coefficient (Wildman–Crippen LogP) is 8.10. The topological polar surface area (TPSA) is 0 Å². The van der Waals surface area contributed by atoms with Crippen LogP contribution in [0.15, 0.2) is 23.0 Å². The van der Waals surface area contributed by atoms with Gasteiger partial charge in [0.1, 0.15) is 5.83 Å². The lowest BCUT2D eigenvalue weighted by Crippen LogP contribution is -1.95. The van der Waals surface area contributed by atoms with Gasteiger partial charge in [0.25, 0.3) is 0 Å².